The first kappa shape index (κ1) is 21.4. The highest BCUT2D eigenvalue weighted by atomic mass is 16.7. The standard InChI is InChI=1S/C24H23NO7/c26-19(27)9-5-2-6-12-25-21(16-10-11-17-18(13-16)32-14-31-17)20(23(29)24(25)30)22(28)15-7-3-1-4-8-15/h1,3-4,7-8,10-11,13,21,28H,2,5-6,9,12,14H2,(H,26,27)/t21-/m0/s1. The van der Waals surface area contributed by atoms with Gasteiger partial charge >= 0.3 is 5.97 Å². The zero-order valence-electron chi connectivity index (χ0n) is 17.3. The smallest absolute Gasteiger partial charge is 0.303 e. The molecule has 2 heterocycles. The number of ether oxygens (including phenoxy) is 2. The van der Waals surface area contributed by atoms with E-state index >= 15 is 0 Å². The lowest BCUT2D eigenvalue weighted by atomic mass is 9.95. The molecule has 32 heavy (non-hydrogen) atoms. The molecule has 166 valence electrons. The molecule has 2 aromatic carbocycles. The number of carboxylic acids is 1. The average Bonchev–Trinajstić information content (AvgIpc) is 3.36. The lowest BCUT2D eigenvalue weighted by molar-refractivity contribution is -0.140. The Hall–Kier alpha value is -3.81. The van der Waals surface area contributed by atoms with Crippen LogP contribution in [-0.2, 0) is 14.4 Å². The van der Waals surface area contributed by atoms with Crippen LogP contribution in [0.5, 0.6) is 11.5 Å². The minimum Gasteiger partial charge on any atom is -0.507 e. The van der Waals surface area contributed by atoms with Crippen molar-refractivity contribution < 1.29 is 34.1 Å². The fourth-order valence-corrected chi connectivity index (χ4v) is 4.03. The van der Waals surface area contributed by atoms with Crippen LogP contribution in [0.25, 0.3) is 5.76 Å². The number of nitrogens with zero attached hydrogens (tertiary/aromatic N) is 1. The van der Waals surface area contributed by atoms with Crippen molar-refractivity contribution in [3.05, 3.63) is 65.2 Å². The molecule has 0 spiro atoms. The highest BCUT2D eigenvalue weighted by molar-refractivity contribution is 6.46. The van der Waals surface area contributed by atoms with Crippen LogP contribution in [0.4, 0.5) is 0 Å². The average molecular weight is 437 g/mol. The number of aliphatic carboxylic acids is 1. The van der Waals surface area contributed by atoms with Gasteiger partial charge in [0, 0.05) is 18.5 Å². The summed E-state index contributed by atoms with van der Waals surface area (Å²) in [6.07, 6.45) is 1.67. The van der Waals surface area contributed by atoms with Crippen molar-refractivity contribution in [1.29, 1.82) is 0 Å². The van der Waals surface area contributed by atoms with Gasteiger partial charge in [0.15, 0.2) is 11.5 Å². The summed E-state index contributed by atoms with van der Waals surface area (Å²) in [6.45, 7) is 0.349. The third-order valence-electron chi connectivity index (χ3n) is 5.59. The van der Waals surface area contributed by atoms with Crippen LogP contribution in [0.2, 0.25) is 0 Å². The first-order chi connectivity index (χ1) is 15.5. The van der Waals surface area contributed by atoms with Gasteiger partial charge in [-0.3, -0.25) is 14.4 Å². The lowest BCUT2D eigenvalue weighted by Crippen LogP contribution is -2.30. The minimum absolute atomic E-state index is 0.0191. The van der Waals surface area contributed by atoms with Gasteiger partial charge in [-0.05, 0) is 30.5 Å². The molecule has 0 aromatic heterocycles. The van der Waals surface area contributed by atoms with Crippen LogP contribution in [0.1, 0.15) is 42.9 Å². The summed E-state index contributed by atoms with van der Waals surface area (Å²) in [5.74, 6) is -1.46. The molecular weight excluding hydrogens is 414 g/mol. The monoisotopic (exact) mass is 437 g/mol. The summed E-state index contributed by atoms with van der Waals surface area (Å²) < 4.78 is 10.8. The zero-order valence-corrected chi connectivity index (χ0v) is 17.3. The third kappa shape index (κ3) is 4.16. The maximum Gasteiger partial charge on any atom is 0.303 e. The molecule has 0 unspecified atom stereocenters. The minimum atomic E-state index is -0.867. The van der Waals surface area contributed by atoms with Gasteiger partial charge < -0.3 is 24.6 Å². The molecule has 0 saturated carbocycles. The van der Waals surface area contributed by atoms with Gasteiger partial charge in [-0.1, -0.05) is 42.8 Å². The molecule has 1 amide bonds. The fraction of sp³-hybridized carbons (Fsp3) is 0.292. The number of benzene rings is 2. The maximum atomic E-state index is 13.0. The van der Waals surface area contributed by atoms with E-state index in [-0.39, 0.29) is 31.1 Å². The van der Waals surface area contributed by atoms with E-state index in [1.54, 1.807) is 48.5 Å². The number of hydrogen-bond donors (Lipinski definition) is 2. The number of hydrogen-bond acceptors (Lipinski definition) is 6. The van der Waals surface area contributed by atoms with Crippen molar-refractivity contribution in [1.82, 2.24) is 4.90 Å². The number of rotatable bonds is 8. The number of likely N-dealkylation sites (tertiary alicyclic amines) is 1. The molecule has 1 atom stereocenters. The Morgan fingerprint density at radius 3 is 2.47 bits per heavy atom. The number of Topliss-reactive ketones (excluding diaryl/α,β-unsaturated/α-hetero) is 1. The number of unbranched alkanes of at least 4 members (excludes halogenated alkanes) is 2. The Bertz CT molecular complexity index is 1080. The second kappa shape index (κ2) is 9.13. The van der Waals surface area contributed by atoms with Crippen LogP contribution in [0.15, 0.2) is 54.1 Å². The number of amides is 1. The predicted molar refractivity (Wildman–Crippen MR) is 114 cm³/mol. The van der Waals surface area contributed by atoms with E-state index in [1.807, 2.05) is 0 Å². The number of carbonyl (C=O) groups excluding carboxylic acids is 2. The second-order valence-corrected chi connectivity index (χ2v) is 7.68. The van der Waals surface area contributed by atoms with Crippen LogP contribution in [0, 0.1) is 0 Å². The molecular formula is C24H23NO7. The Balaban J connectivity index is 1.69. The second-order valence-electron chi connectivity index (χ2n) is 7.68. The molecule has 1 saturated heterocycles. The zero-order chi connectivity index (χ0) is 22.7. The number of carboxylic acid groups (broad SMARTS) is 1. The van der Waals surface area contributed by atoms with Gasteiger partial charge in [0.2, 0.25) is 6.79 Å². The molecule has 0 aliphatic carbocycles. The van der Waals surface area contributed by atoms with E-state index in [4.69, 9.17) is 14.6 Å². The maximum absolute atomic E-state index is 13.0. The van der Waals surface area contributed by atoms with Gasteiger partial charge in [-0.25, -0.2) is 0 Å². The molecule has 1 fully saturated rings. The summed E-state index contributed by atoms with van der Waals surface area (Å²) in [5.41, 5.74) is 1.08. The highest BCUT2D eigenvalue weighted by Gasteiger charge is 2.46. The number of aliphatic hydroxyl groups is 1. The van der Waals surface area contributed by atoms with Gasteiger partial charge in [0.05, 0.1) is 11.6 Å². The molecule has 4 rings (SSSR count). The Morgan fingerprint density at radius 1 is 0.969 bits per heavy atom. The van der Waals surface area contributed by atoms with Crippen molar-refractivity contribution in [2.24, 2.45) is 0 Å². The lowest BCUT2D eigenvalue weighted by Gasteiger charge is -2.25. The summed E-state index contributed by atoms with van der Waals surface area (Å²) >= 11 is 0. The molecule has 8 heteroatoms. The largest absolute Gasteiger partial charge is 0.507 e. The first-order valence-electron chi connectivity index (χ1n) is 10.4. The summed E-state index contributed by atoms with van der Waals surface area (Å²) in [7, 11) is 0. The topological polar surface area (TPSA) is 113 Å². The van der Waals surface area contributed by atoms with E-state index in [0.717, 1.165) is 0 Å². The molecule has 8 nitrogen and oxygen atoms in total. The third-order valence-corrected chi connectivity index (χ3v) is 5.59. The van der Waals surface area contributed by atoms with E-state index in [0.29, 0.717) is 41.9 Å². The van der Waals surface area contributed by atoms with Gasteiger partial charge in [0.1, 0.15) is 5.76 Å². The molecule has 2 aromatic rings. The number of fused-ring (bicyclic) bond motifs is 1. The first-order valence-corrected chi connectivity index (χ1v) is 10.4. The van der Waals surface area contributed by atoms with Gasteiger partial charge in [-0.2, -0.15) is 0 Å². The Kier molecular flexibility index (Phi) is 6.11. The Labute approximate surface area is 184 Å². The van der Waals surface area contributed by atoms with Crippen LogP contribution < -0.4 is 9.47 Å². The Morgan fingerprint density at radius 2 is 1.72 bits per heavy atom. The quantitative estimate of drug-likeness (QED) is 0.281. The van der Waals surface area contributed by atoms with Crippen LogP contribution in [-0.4, -0.2) is 46.1 Å². The van der Waals surface area contributed by atoms with Crippen molar-refractivity contribution in [3.8, 4) is 11.5 Å². The van der Waals surface area contributed by atoms with Crippen LogP contribution in [0.3, 0.4) is 0 Å². The van der Waals surface area contributed by atoms with Gasteiger partial charge in [-0.15, -0.1) is 0 Å². The molecule has 2 aliphatic heterocycles. The summed E-state index contributed by atoms with van der Waals surface area (Å²) in [4.78, 5) is 38.1. The van der Waals surface area contributed by atoms with Crippen LogP contribution >= 0.6 is 0 Å². The molecule has 0 radical (unpaired) electrons. The van der Waals surface area contributed by atoms with E-state index in [2.05, 4.69) is 0 Å². The van der Waals surface area contributed by atoms with Crippen molar-refractivity contribution in [3.63, 3.8) is 0 Å². The van der Waals surface area contributed by atoms with E-state index < -0.39 is 23.7 Å². The van der Waals surface area contributed by atoms with E-state index in [1.165, 1.54) is 4.90 Å². The highest BCUT2D eigenvalue weighted by Crippen LogP contribution is 2.43. The van der Waals surface area contributed by atoms with E-state index in [9.17, 15) is 19.5 Å². The normalized spacial score (nSPS) is 18.9. The van der Waals surface area contributed by atoms with Crippen molar-refractivity contribution in [2.75, 3.05) is 13.3 Å². The summed E-state index contributed by atoms with van der Waals surface area (Å²) in [5, 5.41) is 19.8. The predicted octanol–water partition coefficient (Wildman–Crippen LogP) is 3.48. The number of ketones is 1. The SMILES string of the molecule is O=C(O)CCCCCN1C(=O)C(=O)C(=C(O)c2ccccc2)[C@@H]1c1ccc2c(c1)OCO2. The van der Waals surface area contributed by atoms with Gasteiger partial charge in [0.25, 0.3) is 11.7 Å². The summed E-state index contributed by atoms with van der Waals surface area (Å²) in [6, 6.07) is 13.0. The molecule has 2 aliphatic rings. The van der Waals surface area contributed by atoms with Crippen molar-refractivity contribution >= 4 is 23.4 Å². The van der Waals surface area contributed by atoms with Crippen molar-refractivity contribution in [2.45, 2.75) is 31.7 Å². The molecule has 0 bridgehead atoms. The molecule has 2 N–H and O–H groups in total. The fourth-order valence-electron chi connectivity index (χ4n) is 4.03. The number of carbonyl (C=O) groups is 3. The number of aliphatic hydroxyl groups excluding tert-OH is 1.